The third-order valence-electron chi connectivity index (χ3n) is 10.9. The van der Waals surface area contributed by atoms with Crippen LogP contribution in [0, 0.1) is 0 Å². The lowest BCUT2D eigenvalue weighted by Gasteiger charge is -2.18. The van der Waals surface area contributed by atoms with Gasteiger partial charge in [-0.2, -0.15) is 0 Å². The van der Waals surface area contributed by atoms with Crippen LogP contribution >= 0.6 is 0 Å². The lowest BCUT2D eigenvalue weighted by molar-refractivity contribution is -0.163. The summed E-state index contributed by atoms with van der Waals surface area (Å²) in [6.45, 7) is 7.54. The van der Waals surface area contributed by atoms with Crippen LogP contribution in [0.4, 0.5) is 0 Å². The Balaban J connectivity index is 4.29. The summed E-state index contributed by atoms with van der Waals surface area (Å²) in [7, 11) is 0. The molecule has 0 saturated carbocycles. The van der Waals surface area contributed by atoms with Crippen LogP contribution in [-0.4, -0.2) is 37.9 Å². The lowest BCUT2D eigenvalue weighted by Crippen LogP contribution is -2.30. The maximum absolute atomic E-state index is 12.8. The summed E-state index contributed by atoms with van der Waals surface area (Å²) < 4.78 is 17.4. The van der Waals surface area contributed by atoms with E-state index in [1.807, 2.05) is 0 Å². The van der Waals surface area contributed by atoms with E-state index >= 15 is 0 Å². The van der Waals surface area contributed by atoms with E-state index < -0.39 is 6.10 Å². The molecule has 5 heteroatoms. The minimum Gasteiger partial charge on any atom is -0.462 e. The van der Waals surface area contributed by atoms with E-state index in [0.29, 0.717) is 19.4 Å². The number of carbonyl (C=O) groups is 2. The Bertz CT molecular complexity index is 1160. The van der Waals surface area contributed by atoms with Gasteiger partial charge in [0.15, 0.2) is 6.10 Å². The first-order valence-corrected chi connectivity index (χ1v) is 26.1. The van der Waals surface area contributed by atoms with E-state index in [2.05, 4.69) is 106 Å². The number of ether oxygens (including phenoxy) is 3. The molecular formula is C57H98O5. The molecule has 0 amide bonds. The largest absolute Gasteiger partial charge is 0.462 e. The zero-order chi connectivity index (χ0) is 44.9. The molecule has 0 radical (unpaired) electrons. The van der Waals surface area contributed by atoms with Crippen LogP contribution in [-0.2, 0) is 23.8 Å². The van der Waals surface area contributed by atoms with Crippen molar-refractivity contribution in [1.82, 2.24) is 0 Å². The van der Waals surface area contributed by atoms with Gasteiger partial charge in [0.1, 0.15) is 6.61 Å². The summed E-state index contributed by atoms with van der Waals surface area (Å²) in [5.74, 6) is -0.466. The number of hydrogen-bond donors (Lipinski definition) is 0. The maximum Gasteiger partial charge on any atom is 0.306 e. The monoisotopic (exact) mass is 863 g/mol. The van der Waals surface area contributed by atoms with Gasteiger partial charge in [-0.15, -0.1) is 0 Å². The third kappa shape index (κ3) is 49.7. The highest BCUT2D eigenvalue weighted by molar-refractivity contribution is 5.70. The molecule has 0 heterocycles. The van der Waals surface area contributed by atoms with Crippen molar-refractivity contribution in [1.29, 1.82) is 0 Å². The Kier molecular flexibility index (Phi) is 50.0. The topological polar surface area (TPSA) is 61.8 Å². The summed E-state index contributed by atoms with van der Waals surface area (Å²) in [4.78, 5) is 25.3. The molecule has 0 aromatic rings. The van der Waals surface area contributed by atoms with Gasteiger partial charge in [-0.25, -0.2) is 0 Å². The SMILES string of the molecule is CC/C=C\C/C=C\C/C=C\CCCCCC(=O)OCC(COCCCCCCCCCCCC/C=C\CCCCCCCC)OC(=O)CCCCC/C=C\C/C=C\C/C=C\CC. The van der Waals surface area contributed by atoms with Crippen LogP contribution in [0.15, 0.2) is 85.1 Å². The van der Waals surface area contributed by atoms with Crippen molar-refractivity contribution in [3.8, 4) is 0 Å². The molecule has 0 aliphatic carbocycles. The zero-order valence-corrected chi connectivity index (χ0v) is 40.9. The first-order chi connectivity index (χ1) is 30.6. The standard InChI is InChI=1S/C57H98O5/c1-4-7-10-13-16-19-22-25-26-27-28-29-30-31-34-37-40-43-46-49-52-60-53-55(62-57(59)51-48-45-42-39-36-33-24-21-18-15-12-9-6-3)54-61-56(58)50-47-44-41-38-35-32-23-20-17-14-11-8-5-2/h8-9,11-12,17-18,20-21,25-26,32-33,35-36,55H,4-7,10,13-16,19,22-24,27-31,34,37-54H2,1-3H3/b11-8-,12-9-,20-17-,21-18-,26-25-,35-32-,36-33-. The fourth-order valence-electron chi connectivity index (χ4n) is 7.06. The number of esters is 2. The molecule has 1 atom stereocenters. The molecule has 0 aliphatic heterocycles. The summed E-state index contributed by atoms with van der Waals surface area (Å²) in [6, 6.07) is 0. The predicted molar refractivity (Wildman–Crippen MR) is 270 cm³/mol. The Labute approximate surface area is 384 Å². The quantitative estimate of drug-likeness (QED) is 0.0346. The van der Waals surface area contributed by atoms with E-state index in [-0.39, 0.29) is 25.2 Å². The van der Waals surface area contributed by atoms with Gasteiger partial charge in [0.05, 0.1) is 6.61 Å². The number of carbonyl (C=O) groups excluding carboxylic acids is 2. The second-order valence-corrected chi connectivity index (χ2v) is 17.0. The minimum absolute atomic E-state index is 0.0547. The van der Waals surface area contributed by atoms with Gasteiger partial charge in [0.2, 0.25) is 0 Å². The molecule has 1 unspecified atom stereocenters. The Morgan fingerprint density at radius 3 is 1.18 bits per heavy atom. The molecule has 356 valence electrons. The molecule has 0 fully saturated rings. The third-order valence-corrected chi connectivity index (χ3v) is 10.9. The van der Waals surface area contributed by atoms with E-state index in [1.54, 1.807) is 0 Å². The summed E-state index contributed by atoms with van der Waals surface area (Å²) in [5, 5.41) is 0. The van der Waals surface area contributed by atoms with Crippen LogP contribution < -0.4 is 0 Å². The second kappa shape index (κ2) is 52.4. The average molecular weight is 863 g/mol. The van der Waals surface area contributed by atoms with E-state index in [1.165, 1.54) is 103 Å². The minimum atomic E-state index is -0.567. The number of allylic oxidation sites excluding steroid dienone is 14. The van der Waals surface area contributed by atoms with Gasteiger partial charge in [0, 0.05) is 19.4 Å². The number of hydrogen-bond acceptors (Lipinski definition) is 5. The van der Waals surface area contributed by atoms with Gasteiger partial charge in [-0.1, -0.05) is 202 Å². The first-order valence-electron chi connectivity index (χ1n) is 26.1. The van der Waals surface area contributed by atoms with Crippen molar-refractivity contribution in [2.45, 2.75) is 245 Å². The summed E-state index contributed by atoms with van der Waals surface area (Å²) in [6.07, 6.45) is 68.9. The maximum atomic E-state index is 12.8. The first kappa shape index (κ1) is 59.1. The fraction of sp³-hybridized carbons (Fsp3) is 0.719. The molecule has 0 bridgehead atoms. The average Bonchev–Trinajstić information content (AvgIpc) is 3.27. The normalized spacial score (nSPS) is 12.9. The van der Waals surface area contributed by atoms with Gasteiger partial charge in [0.25, 0.3) is 0 Å². The van der Waals surface area contributed by atoms with Crippen LogP contribution in [0.25, 0.3) is 0 Å². The molecule has 0 N–H and O–H groups in total. The zero-order valence-electron chi connectivity index (χ0n) is 40.9. The second-order valence-electron chi connectivity index (χ2n) is 17.0. The Hall–Kier alpha value is -2.92. The van der Waals surface area contributed by atoms with Gasteiger partial charge < -0.3 is 14.2 Å². The molecule has 0 spiro atoms. The molecule has 0 rings (SSSR count). The van der Waals surface area contributed by atoms with Crippen LogP contribution in [0.1, 0.15) is 239 Å². The highest BCUT2D eigenvalue weighted by Gasteiger charge is 2.17. The van der Waals surface area contributed by atoms with Crippen molar-refractivity contribution in [3.05, 3.63) is 85.1 Å². The molecule has 0 aromatic heterocycles. The Morgan fingerprint density at radius 1 is 0.371 bits per heavy atom. The lowest BCUT2D eigenvalue weighted by atomic mass is 10.1. The smallest absolute Gasteiger partial charge is 0.306 e. The van der Waals surface area contributed by atoms with Crippen molar-refractivity contribution in [2.24, 2.45) is 0 Å². The number of unbranched alkanes of at least 4 members (excludes halogenated alkanes) is 22. The highest BCUT2D eigenvalue weighted by atomic mass is 16.6. The van der Waals surface area contributed by atoms with Gasteiger partial charge in [-0.05, 0) is 109 Å². The van der Waals surface area contributed by atoms with Gasteiger partial charge >= 0.3 is 11.9 Å². The molecular weight excluding hydrogens is 765 g/mol. The fourth-order valence-corrected chi connectivity index (χ4v) is 7.06. The van der Waals surface area contributed by atoms with E-state index in [9.17, 15) is 9.59 Å². The van der Waals surface area contributed by atoms with Crippen LogP contribution in [0.5, 0.6) is 0 Å². The predicted octanol–water partition coefficient (Wildman–Crippen LogP) is 17.7. The van der Waals surface area contributed by atoms with Crippen molar-refractivity contribution in [2.75, 3.05) is 19.8 Å². The molecule has 0 aromatic carbocycles. The molecule has 5 nitrogen and oxygen atoms in total. The van der Waals surface area contributed by atoms with Crippen molar-refractivity contribution < 1.29 is 23.8 Å². The van der Waals surface area contributed by atoms with Crippen LogP contribution in [0.3, 0.4) is 0 Å². The highest BCUT2D eigenvalue weighted by Crippen LogP contribution is 2.14. The summed E-state index contributed by atoms with van der Waals surface area (Å²) in [5.41, 5.74) is 0. The summed E-state index contributed by atoms with van der Waals surface area (Å²) >= 11 is 0. The molecule has 0 saturated heterocycles. The van der Waals surface area contributed by atoms with Crippen LogP contribution in [0.2, 0.25) is 0 Å². The Morgan fingerprint density at radius 2 is 0.726 bits per heavy atom. The molecule has 0 aliphatic rings. The van der Waals surface area contributed by atoms with Gasteiger partial charge in [-0.3, -0.25) is 9.59 Å². The van der Waals surface area contributed by atoms with Crippen molar-refractivity contribution >= 4 is 11.9 Å². The molecule has 62 heavy (non-hydrogen) atoms. The van der Waals surface area contributed by atoms with Crippen molar-refractivity contribution in [3.63, 3.8) is 0 Å². The van der Waals surface area contributed by atoms with E-state index in [0.717, 1.165) is 103 Å². The van der Waals surface area contributed by atoms with E-state index in [4.69, 9.17) is 14.2 Å². The number of rotatable bonds is 47.